The molecule has 2 aromatic carbocycles. The quantitative estimate of drug-likeness (QED) is 0.269. The van der Waals surface area contributed by atoms with Crippen LogP contribution in [0.25, 0.3) is 0 Å². The van der Waals surface area contributed by atoms with Crippen LogP contribution in [0.2, 0.25) is 0 Å². The molecule has 8 heteroatoms. The number of nitrogens with one attached hydrogen (secondary N) is 3. The van der Waals surface area contributed by atoms with E-state index in [4.69, 9.17) is 4.74 Å². The van der Waals surface area contributed by atoms with E-state index in [0.29, 0.717) is 17.0 Å². The molecule has 3 N–H and O–H groups in total. The van der Waals surface area contributed by atoms with Crippen LogP contribution in [0.3, 0.4) is 0 Å². The molecule has 0 aliphatic heterocycles. The summed E-state index contributed by atoms with van der Waals surface area (Å²) in [4.78, 5) is 35.0. The monoisotopic (exact) mass is 408 g/mol. The van der Waals surface area contributed by atoms with Crippen LogP contribution >= 0.6 is 0 Å². The summed E-state index contributed by atoms with van der Waals surface area (Å²) in [5.74, 6) is -1.51. The van der Waals surface area contributed by atoms with Gasteiger partial charge in [0.25, 0.3) is 5.91 Å². The highest BCUT2D eigenvalue weighted by Crippen LogP contribution is 2.15. The van der Waals surface area contributed by atoms with Crippen molar-refractivity contribution in [2.24, 2.45) is 5.10 Å². The minimum absolute atomic E-state index is 0.159. The SMILES string of the molecule is C=CCNC(=O)C(=O)N/N=C\c1cccc(OCC(=O)Nc2ccc(C)c(C)c2)c1. The van der Waals surface area contributed by atoms with Gasteiger partial charge in [0.1, 0.15) is 5.75 Å². The highest BCUT2D eigenvalue weighted by Gasteiger charge is 2.10. The second-order valence-corrected chi connectivity index (χ2v) is 6.41. The van der Waals surface area contributed by atoms with Crippen LogP contribution in [0, 0.1) is 13.8 Å². The standard InChI is InChI=1S/C22H24N4O4/c1-4-10-23-21(28)22(29)26-24-13-17-6-5-7-19(12-17)30-14-20(27)25-18-9-8-15(2)16(3)11-18/h4-9,11-13H,1,10,14H2,2-3H3,(H,23,28)(H,25,27)(H,26,29)/b24-13-. The van der Waals surface area contributed by atoms with E-state index >= 15 is 0 Å². The molecule has 3 amide bonds. The zero-order chi connectivity index (χ0) is 21.9. The van der Waals surface area contributed by atoms with Crippen molar-refractivity contribution in [1.82, 2.24) is 10.7 Å². The number of ether oxygens (including phenoxy) is 1. The summed E-state index contributed by atoms with van der Waals surface area (Å²) in [6, 6.07) is 12.5. The molecule has 0 aliphatic carbocycles. The summed E-state index contributed by atoms with van der Waals surface area (Å²) in [6.45, 7) is 7.45. The summed E-state index contributed by atoms with van der Waals surface area (Å²) < 4.78 is 5.51. The molecule has 0 saturated heterocycles. The maximum absolute atomic E-state index is 12.1. The number of amides is 3. The van der Waals surface area contributed by atoms with Gasteiger partial charge in [0.15, 0.2) is 6.61 Å². The van der Waals surface area contributed by atoms with Crippen molar-refractivity contribution in [3.63, 3.8) is 0 Å². The number of nitrogens with zero attached hydrogens (tertiary/aromatic N) is 1. The maximum Gasteiger partial charge on any atom is 0.329 e. The number of anilines is 1. The van der Waals surface area contributed by atoms with Crippen molar-refractivity contribution in [3.05, 3.63) is 71.8 Å². The van der Waals surface area contributed by atoms with Gasteiger partial charge in [-0.2, -0.15) is 5.10 Å². The molecule has 156 valence electrons. The molecule has 0 spiro atoms. The first-order chi connectivity index (χ1) is 14.4. The summed E-state index contributed by atoms with van der Waals surface area (Å²) >= 11 is 0. The van der Waals surface area contributed by atoms with Crippen molar-refractivity contribution in [2.45, 2.75) is 13.8 Å². The normalized spacial score (nSPS) is 10.3. The molecule has 0 unspecified atom stereocenters. The fourth-order valence-electron chi connectivity index (χ4n) is 2.31. The van der Waals surface area contributed by atoms with Gasteiger partial charge in [-0.15, -0.1) is 6.58 Å². The lowest BCUT2D eigenvalue weighted by atomic mass is 10.1. The summed E-state index contributed by atoms with van der Waals surface area (Å²) in [5.41, 5.74) is 5.69. The predicted octanol–water partition coefficient (Wildman–Crippen LogP) is 2.07. The molecular weight excluding hydrogens is 384 g/mol. The fourth-order valence-corrected chi connectivity index (χ4v) is 2.31. The number of hydrogen-bond donors (Lipinski definition) is 3. The van der Waals surface area contributed by atoms with Crippen LogP contribution in [-0.4, -0.2) is 37.1 Å². The summed E-state index contributed by atoms with van der Waals surface area (Å²) in [6.07, 6.45) is 2.82. The zero-order valence-electron chi connectivity index (χ0n) is 16.9. The second-order valence-electron chi connectivity index (χ2n) is 6.41. The van der Waals surface area contributed by atoms with E-state index < -0.39 is 11.8 Å². The fraction of sp³-hybridized carbons (Fsp3) is 0.182. The lowest BCUT2D eigenvalue weighted by Crippen LogP contribution is -2.37. The van der Waals surface area contributed by atoms with Gasteiger partial charge >= 0.3 is 11.8 Å². The highest BCUT2D eigenvalue weighted by atomic mass is 16.5. The van der Waals surface area contributed by atoms with Gasteiger partial charge in [0, 0.05) is 12.2 Å². The summed E-state index contributed by atoms with van der Waals surface area (Å²) in [5, 5.41) is 8.86. The molecule has 30 heavy (non-hydrogen) atoms. The molecule has 0 atom stereocenters. The molecule has 0 radical (unpaired) electrons. The van der Waals surface area contributed by atoms with Crippen LogP contribution < -0.4 is 20.8 Å². The maximum atomic E-state index is 12.1. The van der Waals surface area contributed by atoms with E-state index in [2.05, 4.69) is 27.7 Å². The Kier molecular flexibility index (Phi) is 8.31. The van der Waals surface area contributed by atoms with Gasteiger partial charge < -0.3 is 15.4 Å². The molecule has 8 nitrogen and oxygen atoms in total. The Balaban J connectivity index is 1.85. The zero-order valence-corrected chi connectivity index (χ0v) is 16.9. The molecule has 0 aliphatic rings. The number of aryl methyl sites for hydroxylation is 2. The summed E-state index contributed by atoms with van der Waals surface area (Å²) in [7, 11) is 0. The Morgan fingerprint density at radius 3 is 2.60 bits per heavy atom. The van der Waals surface area contributed by atoms with Crippen LogP contribution in [0.15, 0.2) is 60.2 Å². The van der Waals surface area contributed by atoms with Gasteiger partial charge in [-0.25, -0.2) is 5.43 Å². The van der Waals surface area contributed by atoms with Crippen molar-refractivity contribution >= 4 is 29.6 Å². The van der Waals surface area contributed by atoms with E-state index in [1.165, 1.54) is 12.3 Å². The number of hydrogen-bond acceptors (Lipinski definition) is 5. The number of hydrazone groups is 1. The molecule has 0 fully saturated rings. The molecule has 0 saturated carbocycles. The van der Waals surface area contributed by atoms with Crippen molar-refractivity contribution in [2.75, 3.05) is 18.5 Å². The smallest absolute Gasteiger partial charge is 0.329 e. The molecule has 2 rings (SSSR count). The lowest BCUT2D eigenvalue weighted by Gasteiger charge is -2.09. The Morgan fingerprint density at radius 2 is 1.87 bits per heavy atom. The first-order valence-corrected chi connectivity index (χ1v) is 9.21. The van der Waals surface area contributed by atoms with Gasteiger partial charge in [0.2, 0.25) is 0 Å². The average Bonchev–Trinajstić information content (AvgIpc) is 2.73. The van der Waals surface area contributed by atoms with Gasteiger partial charge in [-0.05, 0) is 54.8 Å². The average molecular weight is 408 g/mol. The third kappa shape index (κ3) is 7.23. The van der Waals surface area contributed by atoms with E-state index in [0.717, 1.165) is 11.1 Å². The van der Waals surface area contributed by atoms with Gasteiger partial charge in [-0.3, -0.25) is 14.4 Å². The van der Waals surface area contributed by atoms with Crippen molar-refractivity contribution in [1.29, 1.82) is 0 Å². The third-order valence-corrected chi connectivity index (χ3v) is 4.01. The minimum Gasteiger partial charge on any atom is -0.484 e. The molecule has 2 aromatic rings. The van der Waals surface area contributed by atoms with E-state index in [-0.39, 0.29) is 19.1 Å². The van der Waals surface area contributed by atoms with E-state index in [9.17, 15) is 14.4 Å². The molecule has 0 heterocycles. The first kappa shape index (κ1) is 22.4. The minimum atomic E-state index is -0.886. The first-order valence-electron chi connectivity index (χ1n) is 9.21. The van der Waals surface area contributed by atoms with E-state index in [1.807, 2.05) is 32.0 Å². The van der Waals surface area contributed by atoms with Crippen molar-refractivity contribution in [3.8, 4) is 5.75 Å². The van der Waals surface area contributed by atoms with Crippen LogP contribution in [-0.2, 0) is 14.4 Å². The number of carbonyl (C=O) groups is 3. The second kappa shape index (κ2) is 11.2. The third-order valence-electron chi connectivity index (χ3n) is 4.01. The highest BCUT2D eigenvalue weighted by molar-refractivity contribution is 6.35. The Bertz CT molecular complexity index is 969. The predicted molar refractivity (Wildman–Crippen MR) is 115 cm³/mol. The lowest BCUT2D eigenvalue weighted by molar-refractivity contribution is -0.139. The molecule has 0 bridgehead atoms. The largest absolute Gasteiger partial charge is 0.484 e. The van der Waals surface area contributed by atoms with E-state index in [1.54, 1.807) is 24.3 Å². The Labute approximate surface area is 175 Å². The molecule has 0 aromatic heterocycles. The molecular formula is C22H24N4O4. The number of rotatable bonds is 8. The van der Waals surface area contributed by atoms with Gasteiger partial charge in [-0.1, -0.05) is 24.3 Å². The van der Waals surface area contributed by atoms with Crippen LogP contribution in [0.5, 0.6) is 5.75 Å². The van der Waals surface area contributed by atoms with Crippen LogP contribution in [0.4, 0.5) is 5.69 Å². The van der Waals surface area contributed by atoms with Crippen molar-refractivity contribution < 1.29 is 19.1 Å². The number of benzene rings is 2. The topological polar surface area (TPSA) is 109 Å². The number of carbonyl (C=O) groups excluding carboxylic acids is 3. The Hall–Kier alpha value is -3.94. The Morgan fingerprint density at radius 1 is 1.07 bits per heavy atom. The van der Waals surface area contributed by atoms with Gasteiger partial charge in [0.05, 0.1) is 6.21 Å². The van der Waals surface area contributed by atoms with Crippen LogP contribution in [0.1, 0.15) is 16.7 Å².